The largest absolute Gasteiger partial charge is 0.635 e. The monoisotopic (exact) mass is 790 g/mol. The fourth-order valence-corrected chi connectivity index (χ4v) is 10.5. The minimum atomic E-state index is -0.784. The van der Waals surface area contributed by atoms with Crippen molar-refractivity contribution in [2.75, 3.05) is 13.2 Å². The van der Waals surface area contributed by atoms with Gasteiger partial charge in [-0.15, -0.1) is 34.0 Å². The van der Waals surface area contributed by atoms with E-state index in [4.69, 9.17) is 42.1 Å². The summed E-state index contributed by atoms with van der Waals surface area (Å²) in [5, 5.41) is 21.0. The standard InChI is InChI=1S/C38H30N8O4S4/c1-9-11-47-24-15-26(43-19(17-39)18-40)51-30(24)34-45-32-28(53-34)20-13-23-21(14-22(20)49-37(32,3)4)29-33(38(5,6)50-23)46-35(54-29)31-25(48-12-10-2)16-27(52-31)44-36(41-7)42-8/h13-16H,9-12H2,1-6H3. The summed E-state index contributed by atoms with van der Waals surface area (Å²) in [4.78, 5) is 28.5. The van der Waals surface area contributed by atoms with Gasteiger partial charge in [-0.3, -0.25) is 0 Å². The van der Waals surface area contributed by atoms with E-state index < -0.39 is 11.2 Å². The molecule has 2 aliphatic rings. The Morgan fingerprint density at radius 3 is 1.57 bits per heavy atom. The highest BCUT2D eigenvalue weighted by molar-refractivity contribution is 7.26. The van der Waals surface area contributed by atoms with Crippen LogP contribution in [-0.4, -0.2) is 34.9 Å². The Morgan fingerprint density at radius 2 is 1.17 bits per heavy atom. The maximum Gasteiger partial charge on any atom is 0.635 e. The molecule has 0 saturated carbocycles. The van der Waals surface area contributed by atoms with Crippen LogP contribution in [0.2, 0.25) is 0 Å². The molecule has 0 bridgehead atoms. The zero-order valence-corrected chi connectivity index (χ0v) is 33.2. The maximum absolute atomic E-state index is 9.30. The number of hydrogen-bond donors (Lipinski definition) is 0. The van der Waals surface area contributed by atoms with Crippen LogP contribution in [0.5, 0.6) is 23.0 Å². The Bertz CT molecular complexity index is 2350. The van der Waals surface area contributed by atoms with Crippen molar-refractivity contribution in [3.8, 4) is 75.8 Å². The molecule has 4 aromatic heterocycles. The van der Waals surface area contributed by atoms with E-state index in [9.17, 15) is 10.5 Å². The highest BCUT2D eigenvalue weighted by Gasteiger charge is 2.42. The topological polar surface area (TPSA) is 144 Å². The van der Waals surface area contributed by atoms with E-state index in [-0.39, 0.29) is 11.7 Å². The summed E-state index contributed by atoms with van der Waals surface area (Å²) in [5.74, 6) is 2.30. The van der Waals surface area contributed by atoms with Crippen molar-refractivity contribution in [3.63, 3.8) is 0 Å². The van der Waals surface area contributed by atoms with Crippen LogP contribution < -0.4 is 18.9 Å². The molecule has 0 atom stereocenters. The van der Waals surface area contributed by atoms with Crippen LogP contribution in [0.15, 0.2) is 34.3 Å². The quantitative estimate of drug-likeness (QED) is 0.0772. The molecule has 0 fully saturated rings. The van der Waals surface area contributed by atoms with Gasteiger partial charge in [0.2, 0.25) is 5.71 Å². The average molecular weight is 791 g/mol. The Hall–Kier alpha value is -5.62. The summed E-state index contributed by atoms with van der Waals surface area (Å²) in [5.41, 5.74) is 1.46. The maximum atomic E-state index is 9.30. The van der Waals surface area contributed by atoms with Crippen molar-refractivity contribution >= 4 is 67.0 Å². The fraction of sp³-hybridized carbons (Fsp3) is 0.316. The first-order valence-corrected chi connectivity index (χ1v) is 20.1. The number of nitrogens with zero attached hydrogens (tertiary/aromatic N) is 8. The van der Waals surface area contributed by atoms with E-state index in [2.05, 4.69) is 19.7 Å². The number of aliphatic imine (C=N–C) groups is 2. The van der Waals surface area contributed by atoms with Crippen molar-refractivity contribution in [1.82, 2.24) is 9.97 Å². The molecule has 0 unspecified atom stereocenters. The van der Waals surface area contributed by atoms with Gasteiger partial charge in [-0.05, 0) is 65.8 Å². The highest BCUT2D eigenvalue weighted by atomic mass is 32.1. The van der Waals surface area contributed by atoms with Crippen LogP contribution in [0.25, 0.3) is 50.3 Å². The van der Waals surface area contributed by atoms with E-state index in [1.165, 1.54) is 45.3 Å². The van der Waals surface area contributed by atoms with Crippen molar-refractivity contribution < 1.29 is 18.9 Å². The Kier molecular flexibility index (Phi) is 9.74. The van der Waals surface area contributed by atoms with Crippen LogP contribution in [0.3, 0.4) is 0 Å². The van der Waals surface area contributed by atoms with Gasteiger partial charge in [0.1, 0.15) is 82.5 Å². The molecular formula is C38H30N8O4S4. The Balaban J connectivity index is 1.33. The van der Waals surface area contributed by atoms with Gasteiger partial charge in [-0.2, -0.15) is 10.5 Å². The average Bonchev–Trinajstić information content (AvgIpc) is 3.95. The third kappa shape index (κ3) is 6.59. The first-order chi connectivity index (χ1) is 25.9. The minimum absolute atomic E-state index is 0.234. The molecule has 270 valence electrons. The predicted molar refractivity (Wildman–Crippen MR) is 213 cm³/mol. The summed E-state index contributed by atoms with van der Waals surface area (Å²) < 4.78 is 25.6. The van der Waals surface area contributed by atoms with Crippen LogP contribution in [0, 0.1) is 35.8 Å². The van der Waals surface area contributed by atoms with Gasteiger partial charge in [0.15, 0.2) is 0 Å². The molecule has 0 amide bonds. The fourth-order valence-electron chi connectivity index (χ4n) is 5.88. The third-order valence-electron chi connectivity index (χ3n) is 8.22. The van der Waals surface area contributed by atoms with Gasteiger partial charge < -0.3 is 18.9 Å². The number of thiazole rings is 2. The number of guanidine groups is 1. The van der Waals surface area contributed by atoms with Gasteiger partial charge in [0, 0.05) is 22.2 Å². The van der Waals surface area contributed by atoms with Gasteiger partial charge in [-0.1, -0.05) is 25.2 Å². The van der Waals surface area contributed by atoms with Crippen molar-refractivity contribution in [3.05, 3.63) is 58.5 Å². The van der Waals surface area contributed by atoms with Crippen LogP contribution in [-0.2, 0) is 11.2 Å². The zero-order valence-electron chi connectivity index (χ0n) is 30.0. The summed E-state index contributed by atoms with van der Waals surface area (Å²) in [6.07, 6.45) is 1.60. The number of nitriles is 2. The Labute approximate surface area is 327 Å². The SMILES string of the molecule is [C-]#[N+]C(=Nc1cc(OCCC)c(-c2nc3c(s2)-c2cc4c(cc2OC3(C)C)-c2sc(-c3sc(N=C(C#N)C#N)cc3OCCC)nc2C(C)(C)O4)s1)[N+]#[C-]. The van der Waals surface area contributed by atoms with E-state index in [0.717, 1.165) is 59.9 Å². The lowest BCUT2D eigenvalue weighted by atomic mass is 9.92. The molecule has 5 aromatic rings. The lowest BCUT2D eigenvalue weighted by molar-refractivity contribution is 0.0957. The lowest BCUT2D eigenvalue weighted by Gasteiger charge is -2.35. The number of rotatable bonds is 10. The third-order valence-corrected chi connectivity index (χ3v) is 12.7. The number of fused-ring (bicyclic) bond motifs is 6. The second-order valence-electron chi connectivity index (χ2n) is 13.0. The first-order valence-electron chi connectivity index (χ1n) is 16.8. The molecule has 16 heteroatoms. The Morgan fingerprint density at radius 1 is 0.722 bits per heavy atom. The van der Waals surface area contributed by atoms with Gasteiger partial charge in [0.25, 0.3) is 5.00 Å². The van der Waals surface area contributed by atoms with Crippen molar-refractivity contribution in [2.24, 2.45) is 9.98 Å². The van der Waals surface area contributed by atoms with Gasteiger partial charge >= 0.3 is 5.96 Å². The lowest BCUT2D eigenvalue weighted by Crippen LogP contribution is -2.31. The second-order valence-corrected chi connectivity index (χ2v) is 17.1. The molecular weight excluding hydrogens is 761 g/mol. The molecule has 0 spiro atoms. The molecule has 12 nitrogen and oxygen atoms in total. The smallest absolute Gasteiger partial charge is 0.492 e. The molecule has 2 aliphatic heterocycles. The second kappa shape index (κ2) is 14.3. The van der Waals surface area contributed by atoms with Gasteiger partial charge in [-0.25, -0.2) is 24.7 Å². The van der Waals surface area contributed by atoms with Crippen molar-refractivity contribution in [2.45, 2.75) is 65.6 Å². The summed E-state index contributed by atoms with van der Waals surface area (Å²) in [7, 11) is 0. The molecule has 0 N–H and O–H groups in total. The number of thiophene rings is 2. The number of hydrogen-bond acceptors (Lipinski definition) is 14. The molecule has 0 aliphatic carbocycles. The van der Waals surface area contributed by atoms with Crippen LogP contribution in [0.1, 0.15) is 65.8 Å². The summed E-state index contributed by atoms with van der Waals surface area (Å²) in [6.45, 7) is 27.5. The number of ether oxygens (including phenoxy) is 4. The van der Waals surface area contributed by atoms with Gasteiger partial charge in [0.05, 0.1) is 29.0 Å². The molecule has 54 heavy (non-hydrogen) atoms. The summed E-state index contributed by atoms with van der Waals surface area (Å²) in [6, 6.07) is 11.2. The van der Waals surface area contributed by atoms with E-state index in [1.54, 1.807) is 12.1 Å². The van der Waals surface area contributed by atoms with Crippen LogP contribution in [0.4, 0.5) is 10.0 Å². The van der Waals surface area contributed by atoms with E-state index in [0.29, 0.717) is 51.2 Å². The molecule has 1 aromatic carbocycles. The highest BCUT2D eigenvalue weighted by Crippen LogP contribution is 2.58. The van der Waals surface area contributed by atoms with Crippen LogP contribution >= 0.6 is 45.3 Å². The molecule has 6 heterocycles. The predicted octanol–water partition coefficient (Wildman–Crippen LogP) is 11.2. The van der Waals surface area contributed by atoms with E-state index >= 15 is 0 Å². The van der Waals surface area contributed by atoms with E-state index in [1.807, 2.05) is 65.8 Å². The minimum Gasteiger partial charge on any atom is -0.492 e. The zero-order chi connectivity index (χ0) is 38.4. The number of benzene rings is 1. The first kappa shape index (κ1) is 36.7. The molecule has 0 saturated heterocycles. The van der Waals surface area contributed by atoms with Crippen molar-refractivity contribution in [1.29, 1.82) is 10.5 Å². The molecule has 0 radical (unpaired) electrons. The number of aromatic nitrogens is 2. The molecule has 7 rings (SSSR count). The summed E-state index contributed by atoms with van der Waals surface area (Å²) >= 11 is 5.68. The normalized spacial score (nSPS) is 13.8.